The van der Waals surface area contributed by atoms with E-state index in [1.54, 1.807) is 31.3 Å². The van der Waals surface area contributed by atoms with Gasteiger partial charge in [0.05, 0.1) is 11.8 Å². The average molecular weight is 278 g/mol. The minimum atomic E-state index is -0.626. The van der Waals surface area contributed by atoms with Crippen LogP contribution in [0.4, 0.5) is 0 Å². The summed E-state index contributed by atoms with van der Waals surface area (Å²) in [7, 11) is 0. The van der Waals surface area contributed by atoms with Crippen molar-refractivity contribution in [3.63, 3.8) is 0 Å². The maximum absolute atomic E-state index is 9.73. The summed E-state index contributed by atoms with van der Waals surface area (Å²) in [5.41, 5.74) is 2.64. The zero-order valence-corrected chi connectivity index (χ0v) is 11.7. The number of rotatable bonds is 4. The summed E-state index contributed by atoms with van der Waals surface area (Å²) in [4.78, 5) is 4.27. The minimum Gasteiger partial charge on any atom is -0.487 e. The van der Waals surface area contributed by atoms with Crippen molar-refractivity contribution in [3.8, 4) is 5.75 Å². The summed E-state index contributed by atoms with van der Waals surface area (Å²) in [6, 6.07) is 9.11. The SMILES string of the molecule is Cc1cccnc1COc1ccc(Cl)cc1[C@@H](C)O. The molecule has 19 heavy (non-hydrogen) atoms. The smallest absolute Gasteiger partial charge is 0.130 e. The van der Waals surface area contributed by atoms with Crippen molar-refractivity contribution >= 4 is 11.6 Å². The van der Waals surface area contributed by atoms with Crippen LogP contribution in [-0.2, 0) is 6.61 Å². The largest absolute Gasteiger partial charge is 0.487 e. The van der Waals surface area contributed by atoms with Crippen molar-refractivity contribution in [2.24, 2.45) is 0 Å². The molecule has 1 aromatic carbocycles. The van der Waals surface area contributed by atoms with E-state index in [0.29, 0.717) is 22.9 Å². The summed E-state index contributed by atoms with van der Waals surface area (Å²) in [6.45, 7) is 4.04. The van der Waals surface area contributed by atoms with E-state index in [2.05, 4.69) is 4.98 Å². The molecule has 1 heterocycles. The molecule has 0 aliphatic carbocycles. The lowest BCUT2D eigenvalue weighted by atomic mass is 10.1. The van der Waals surface area contributed by atoms with Crippen LogP contribution >= 0.6 is 11.6 Å². The Bertz CT molecular complexity index is 570. The maximum Gasteiger partial charge on any atom is 0.130 e. The van der Waals surface area contributed by atoms with E-state index in [-0.39, 0.29) is 0 Å². The molecule has 2 rings (SSSR count). The molecule has 0 aliphatic rings. The fourth-order valence-corrected chi connectivity index (χ4v) is 1.97. The molecule has 1 atom stereocenters. The van der Waals surface area contributed by atoms with Gasteiger partial charge in [0.25, 0.3) is 0 Å². The second kappa shape index (κ2) is 6.04. The molecule has 0 bridgehead atoms. The van der Waals surface area contributed by atoms with Gasteiger partial charge in [0.15, 0.2) is 0 Å². The van der Waals surface area contributed by atoms with Gasteiger partial charge >= 0.3 is 0 Å². The van der Waals surface area contributed by atoms with Gasteiger partial charge in [-0.2, -0.15) is 0 Å². The Morgan fingerprint density at radius 2 is 2.16 bits per heavy atom. The summed E-state index contributed by atoms with van der Waals surface area (Å²) < 4.78 is 5.74. The molecular weight excluding hydrogens is 262 g/mol. The zero-order valence-electron chi connectivity index (χ0n) is 10.9. The Kier molecular flexibility index (Phi) is 4.40. The first-order chi connectivity index (χ1) is 9.08. The van der Waals surface area contributed by atoms with Gasteiger partial charge in [0.2, 0.25) is 0 Å². The minimum absolute atomic E-state index is 0.369. The van der Waals surface area contributed by atoms with Crippen molar-refractivity contribution in [1.29, 1.82) is 0 Å². The summed E-state index contributed by atoms with van der Waals surface area (Å²) in [5, 5.41) is 10.3. The van der Waals surface area contributed by atoms with Crippen LogP contribution in [0.5, 0.6) is 5.75 Å². The number of benzene rings is 1. The lowest BCUT2D eigenvalue weighted by Crippen LogP contribution is -2.03. The number of nitrogens with zero attached hydrogens (tertiary/aromatic N) is 1. The van der Waals surface area contributed by atoms with Gasteiger partial charge < -0.3 is 9.84 Å². The normalized spacial score (nSPS) is 12.2. The first-order valence-electron chi connectivity index (χ1n) is 6.08. The zero-order chi connectivity index (χ0) is 13.8. The maximum atomic E-state index is 9.73. The van der Waals surface area contributed by atoms with E-state index in [0.717, 1.165) is 11.3 Å². The highest BCUT2D eigenvalue weighted by molar-refractivity contribution is 6.30. The summed E-state index contributed by atoms with van der Waals surface area (Å²) >= 11 is 5.92. The second-order valence-electron chi connectivity index (χ2n) is 4.41. The third-order valence-electron chi connectivity index (χ3n) is 2.90. The number of hydrogen-bond acceptors (Lipinski definition) is 3. The predicted molar refractivity (Wildman–Crippen MR) is 75.4 cm³/mol. The Balaban J connectivity index is 2.18. The number of aliphatic hydroxyl groups is 1. The Morgan fingerprint density at radius 3 is 2.84 bits per heavy atom. The van der Waals surface area contributed by atoms with Gasteiger partial charge in [-0.05, 0) is 43.7 Å². The van der Waals surface area contributed by atoms with Crippen LogP contribution in [-0.4, -0.2) is 10.1 Å². The molecule has 2 aromatic rings. The van der Waals surface area contributed by atoms with Gasteiger partial charge in [-0.25, -0.2) is 0 Å². The second-order valence-corrected chi connectivity index (χ2v) is 4.85. The van der Waals surface area contributed by atoms with Crippen LogP contribution in [0, 0.1) is 6.92 Å². The number of halogens is 1. The number of aryl methyl sites for hydroxylation is 1. The number of pyridine rings is 1. The Morgan fingerprint density at radius 1 is 1.37 bits per heavy atom. The van der Waals surface area contributed by atoms with Crippen LogP contribution in [0.15, 0.2) is 36.5 Å². The molecule has 0 fully saturated rings. The molecule has 0 amide bonds. The number of aliphatic hydroxyl groups excluding tert-OH is 1. The van der Waals surface area contributed by atoms with E-state index in [1.165, 1.54) is 0 Å². The fraction of sp³-hybridized carbons (Fsp3) is 0.267. The van der Waals surface area contributed by atoms with E-state index in [1.807, 2.05) is 19.1 Å². The van der Waals surface area contributed by atoms with Crippen LogP contribution in [0.3, 0.4) is 0 Å². The molecule has 1 N–H and O–H groups in total. The number of aromatic nitrogens is 1. The van der Waals surface area contributed by atoms with E-state index in [9.17, 15) is 5.11 Å². The third kappa shape index (κ3) is 3.46. The molecular formula is C15H16ClNO2. The van der Waals surface area contributed by atoms with Crippen LogP contribution in [0.1, 0.15) is 29.8 Å². The highest BCUT2D eigenvalue weighted by Crippen LogP contribution is 2.28. The van der Waals surface area contributed by atoms with Gasteiger partial charge in [-0.1, -0.05) is 17.7 Å². The van der Waals surface area contributed by atoms with E-state index < -0.39 is 6.10 Å². The first-order valence-corrected chi connectivity index (χ1v) is 6.46. The van der Waals surface area contributed by atoms with E-state index >= 15 is 0 Å². The fourth-order valence-electron chi connectivity index (χ4n) is 1.79. The van der Waals surface area contributed by atoms with Crippen molar-refractivity contribution in [1.82, 2.24) is 4.98 Å². The lowest BCUT2D eigenvalue weighted by Gasteiger charge is -2.14. The van der Waals surface area contributed by atoms with Gasteiger partial charge in [-0.3, -0.25) is 4.98 Å². The molecule has 3 nitrogen and oxygen atoms in total. The molecule has 0 radical (unpaired) electrons. The van der Waals surface area contributed by atoms with Crippen molar-refractivity contribution in [2.75, 3.05) is 0 Å². The topological polar surface area (TPSA) is 42.4 Å². The highest BCUT2D eigenvalue weighted by Gasteiger charge is 2.10. The molecule has 0 saturated carbocycles. The number of ether oxygens (including phenoxy) is 1. The van der Waals surface area contributed by atoms with Crippen LogP contribution < -0.4 is 4.74 Å². The average Bonchev–Trinajstić information content (AvgIpc) is 2.38. The summed E-state index contributed by atoms with van der Waals surface area (Å²) in [5.74, 6) is 0.629. The number of hydrogen-bond donors (Lipinski definition) is 1. The predicted octanol–water partition coefficient (Wildman–Crippen LogP) is 3.68. The summed E-state index contributed by atoms with van der Waals surface area (Å²) in [6.07, 6.45) is 1.11. The Labute approximate surface area is 117 Å². The van der Waals surface area contributed by atoms with Crippen molar-refractivity contribution in [2.45, 2.75) is 26.6 Å². The molecule has 1 aromatic heterocycles. The van der Waals surface area contributed by atoms with Gasteiger partial charge in [-0.15, -0.1) is 0 Å². The molecule has 100 valence electrons. The first kappa shape index (κ1) is 13.8. The van der Waals surface area contributed by atoms with Crippen molar-refractivity contribution < 1.29 is 9.84 Å². The molecule has 0 unspecified atom stereocenters. The lowest BCUT2D eigenvalue weighted by molar-refractivity contribution is 0.190. The molecule has 0 aliphatic heterocycles. The van der Waals surface area contributed by atoms with Crippen molar-refractivity contribution in [3.05, 3.63) is 58.4 Å². The van der Waals surface area contributed by atoms with Crippen LogP contribution in [0.2, 0.25) is 5.02 Å². The standard InChI is InChI=1S/C15H16ClNO2/c1-10-4-3-7-17-14(10)9-19-15-6-5-12(16)8-13(15)11(2)18/h3-8,11,18H,9H2,1-2H3/t11-/m1/s1. The van der Waals surface area contributed by atoms with Crippen LogP contribution in [0.25, 0.3) is 0 Å². The molecule has 0 spiro atoms. The third-order valence-corrected chi connectivity index (χ3v) is 3.14. The monoisotopic (exact) mass is 277 g/mol. The van der Waals surface area contributed by atoms with Gasteiger partial charge in [0.1, 0.15) is 12.4 Å². The molecule has 4 heteroatoms. The Hall–Kier alpha value is -1.58. The highest BCUT2D eigenvalue weighted by atomic mass is 35.5. The molecule has 0 saturated heterocycles. The van der Waals surface area contributed by atoms with E-state index in [4.69, 9.17) is 16.3 Å². The van der Waals surface area contributed by atoms with Gasteiger partial charge in [0, 0.05) is 16.8 Å². The quantitative estimate of drug-likeness (QED) is 0.927.